The van der Waals surface area contributed by atoms with E-state index in [2.05, 4.69) is 211 Å². The maximum atomic E-state index is 12.2. The molecule has 0 saturated carbocycles. The van der Waals surface area contributed by atoms with Crippen molar-refractivity contribution in [3.63, 3.8) is 0 Å². The van der Waals surface area contributed by atoms with Crippen LogP contribution in [0.5, 0.6) is 5.75 Å². The zero-order valence-electron chi connectivity index (χ0n) is 37.9. The second-order valence-corrected chi connectivity index (χ2v) is 19.4. The van der Waals surface area contributed by atoms with Crippen molar-refractivity contribution < 1.29 is 26.2 Å². The van der Waals surface area contributed by atoms with Crippen molar-refractivity contribution >= 4 is 11.0 Å². The van der Waals surface area contributed by atoms with Crippen molar-refractivity contribution in [1.29, 1.82) is 0 Å². The number of hydrogen-bond acceptors (Lipinski definition) is 3. The van der Waals surface area contributed by atoms with Gasteiger partial charge < -0.3 is 9.67 Å². The number of rotatable bonds is 7. The first-order valence-corrected chi connectivity index (χ1v) is 22.8. The SMILES string of the molecule is CC(C)c1cccc(C(C)C)c1-n1c(-c2[c-]c(-c3cc(-c4ccc(C(C)(C)C)cc4)cc(-c4cc5c(cc4O)C4c6ccccc6C5c5ccccc54)n3)ccc2)nc2ccccc21.[Pt]. The molecule has 3 aliphatic carbocycles. The van der Waals surface area contributed by atoms with E-state index in [0.29, 0.717) is 17.5 Å². The fraction of sp³-hybridized carbons (Fsp3) is 0.200. The molecule has 0 fully saturated rings. The number of hydrogen-bond donors (Lipinski definition) is 1. The molecular formula is C60H52N3OPt-. The van der Waals surface area contributed by atoms with E-state index in [9.17, 15) is 5.11 Å². The number of phenolic OH excluding ortho intramolecular Hbond substituents is 1. The summed E-state index contributed by atoms with van der Waals surface area (Å²) in [6.07, 6.45) is 0. The summed E-state index contributed by atoms with van der Waals surface area (Å²) in [5, 5.41) is 12.2. The molecule has 2 heterocycles. The van der Waals surface area contributed by atoms with Crippen LogP contribution in [0.3, 0.4) is 0 Å². The molecule has 0 spiro atoms. The Hall–Kier alpha value is -6.35. The van der Waals surface area contributed by atoms with Crippen molar-refractivity contribution in [2.45, 2.75) is 77.6 Å². The predicted molar refractivity (Wildman–Crippen MR) is 263 cm³/mol. The van der Waals surface area contributed by atoms with Crippen LogP contribution >= 0.6 is 0 Å². The minimum atomic E-state index is 0. The van der Waals surface area contributed by atoms with Gasteiger partial charge >= 0.3 is 0 Å². The van der Waals surface area contributed by atoms with Crippen LogP contribution in [-0.4, -0.2) is 19.6 Å². The standard InChI is InChI=1S/C60H52N3O.Pt/c1-35(2)42-22-15-23-43(36(3)4)58(42)63-54-25-13-12-24-51(54)62-59(63)39-17-14-16-38(30-39)52-31-40(37-26-28-41(29-27-37)60(5,6)7)32-53(61-52)50-33-48-49(34-55(50)64)57-46-20-10-8-18-44(46)56(48)45-19-9-11-21-47(45)57;/h8-29,31-36,56-57,64H,1-7H3;/q-1;. The number of phenols is 1. The number of aromatic nitrogens is 3. The molecule has 0 saturated heterocycles. The average Bonchev–Trinajstić information content (AvgIpc) is 3.70. The Morgan fingerprint density at radius 2 is 1.08 bits per heavy atom. The van der Waals surface area contributed by atoms with Gasteiger partial charge in [-0.2, -0.15) is 0 Å². The van der Waals surface area contributed by atoms with Gasteiger partial charge in [-0.05, 0) is 109 Å². The van der Waals surface area contributed by atoms with Crippen LogP contribution in [0.1, 0.15) is 122 Å². The number of fused-ring (bicyclic) bond motifs is 1. The Bertz CT molecular complexity index is 3220. The van der Waals surface area contributed by atoms with Crippen LogP contribution in [-0.2, 0) is 26.5 Å². The minimum absolute atomic E-state index is 0. The largest absolute Gasteiger partial charge is 0.507 e. The Kier molecular flexibility index (Phi) is 10.7. The van der Waals surface area contributed by atoms with Crippen molar-refractivity contribution in [2.75, 3.05) is 0 Å². The number of aromatic hydroxyl groups is 1. The normalized spacial score (nSPS) is 14.9. The predicted octanol–water partition coefficient (Wildman–Crippen LogP) is 15.1. The number of imidazole rings is 1. The zero-order valence-corrected chi connectivity index (χ0v) is 40.2. The van der Waals surface area contributed by atoms with Crippen LogP contribution in [0.15, 0.2) is 158 Å². The number of nitrogens with zero attached hydrogens (tertiary/aromatic N) is 3. The quantitative estimate of drug-likeness (QED) is 0.162. The molecule has 0 unspecified atom stereocenters. The molecule has 324 valence electrons. The third-order valence-electron chi connectivity index (χ3n) is 13.7. The first-order valence-electron chi connectivity index (χ1n) is 22.8. The van der Waals surface area contributed by atoms with Crippen molar-refractivity contribution in [2.24, 2.45) is 0 Å². The maximum absolute atomic E-state index is 12.2. The van der Waals surface area contributed by atoms with Crippen LogP contribution in [0, 0.1) is 6.07 Å². The van der Waals surface area contributed by atoms with Gasteiger partial charge in [-0.25, -0.2) is 0 Å². The smallest absolute Gasteiger partial charge is 0.125 e. The van der Waals surface area contributed by atoms with Crippen LogP contribution < -0.4 is 0 Å². The summed E-state index contributed by atoms with van der Waals surface area (Å²) in [6, 6.07) is 60.3. The molecule has 0 aliphatic heterocycles. The van der Waals surface area contributed by atoms with E-state index in [-0.39, 0.29) is 44.1 Å². The summed E-state index contributed by atoms with van der Waals surface area (Å²) in [4.78, 5) is 10.8. The number of pyridine rings is 1. The minimum Gasteiger partial charge on any atom is -0.507 e. The van der Waals surface area contributed by atoms with E-state index in [0.717, 1.165) is 50.4 Å². The molecule has 1 N–H and O–H groups in total. The summed E-state index contributed by atoms with van der Waals surface area (Å²) in [6.45, 7) is 15.8. The van der Waals surface area contributed by atoms with Gasteiger partial charge in [0.05, 0.1) is 22.6 Å². The monoisotopic (exact) mass is 1030 g/mol. The Morgan fingerprint density at radius 1 is 0.538 bits per heavy atom. The van der Waals surface area contributed by atoms with E-state index >= 15 is 0 Å². The summed E-state index contributed by atoms with van der Waals surface area (Å²) in [5.41, 5.74) is 20.8. The Balaban J connectivity index is 0.00000498. The molecule has 4 nitrogen and oxygen atoms in total. The summed E-state index contributed by atoms with van der Waals surface area (Å²) in [5.74, 6) is 1.82. The molecule has 12 rings (SSSR count). The molecule has 9 aromatic rings. The van der Waals surface area contributed by atoms with Crippen molar-refractivity contribution in [3.05, 3.63) is 214 Å². The fourth-order valence-corrected chi connectivity index (χ4v) is 10.5. The Morgan fingerprint density at radius 3 is 1.68 bits per heavy atom. The molecule has 3 aliphatic rings. The fourth-order valence-electron chi connectivity index (χ4n) is 10.5. The van der Waals surface area contributed by atoms with E-state index in [1.54, 1.807) is 0 Å². The van der Waals surface area contributed by atoms with Crippen LogP contribution in [0.2, 0.25) is 0 Å². The molecule has 2 bridgehead atoms. The topological polar surface area (TPSA) is 50.9 Å². The van der Waals surface area contributed by atoms with Crippen molar-refractivity contribution in [1.82, 2.24) is 14.5 Å². The average molecular weight is 1030 g/mol. The second kappa shape index (κ2) is 16.3. The number of para-hydroxylation sites is 3. The van der Waals surface area contributed by atoms with Gasteiger partial charge in [0.2, 0.25) is 0 Å². The van der Waals surface area contributed by atoms with Gasteiger partial charge in [-0.15, -0.1) is 24.3 Å². The maximum Gasteiger partial charge on any atom is 0.125 e. The van der Waals surface area contributed by atoms with Crippen molar-refractivity contribution in [3.8, 4) is 56.5 Å². The first-order chi connectivity index (χ1) is 30.9. The summed E-state index contributed by atoms with van der Waals surface area (Å²) >= 11 is 0. The third-order valence-corrected chi connectivity index (χ3v) is 13.7. The molecule has 7 aromatic carbocycles. The summed E-state index contributed by atoms with van der Waals surface area (Å²) < 4.78 is 2.36. The molecule has 0 atom stereocenters. The Labute approximate surface area is 397 Å². The number of benzene rings is 7. The first kappa shape index (κ1) is 42.6. The van der Waals surface area contributed by atoms with Gasteiger partial charge in [-0.3, -0.25) is 9.97 Å². The van der Waals surface area contributed by atoms with Crippen LogP contribution in [0.25, 0.3) is 61.8 Å². The molecule has 65 heavy (non-hydrogen) atoms. The molecule has 2 aromatic heterocycles. The van der Waals surface area contributed by atoms with Gasteiger partial charge in [0.15, 0.2) is 0 Å². The van der Waals surface area contributed by atoms with Gasteiger partial charge in [-0.1, -0.05) is 169 Å². The van der Waals surface area contributed by atoms with Crippen LogP contribution in [0.4, 0.5) is 0 Å². The van der Waals surface area contributed by atoms with E-state index in [4.69, 9.17) is 9.97 Å². The van der Waals surface area contributed by atoms with E-state index in [1.165, 1.54) is 55.8 Å². The van der Waals surface area contributed by atoms with Gasteiger partial charge in [0.1, 0.15) is 5.75 Å². The molecule has 5 heteroatoms. The molecular weight excluding hydrogens is 974 g/mol. The van der Waals surface area contributed by atoms with Gasteiger partial charge in [0.25, 0.3) is 0 Å². The molecule has 0 amide bonds. The second-order valence-electron chi connectivity index (χ2n) is 19.4. The summed E-state index contributed by atoms with van der Waals surface area (Å²) in [7, 11) is 0. The van der Waals surface area contributed by atoms with E-state index < -0.39 is 0 Å². The third kappa shape index (κ3) is 7.09. The van der Waals surface area contributed by atoms with E-state index in [1.807, 2.05) is 6.07 Å². The zero-order chi connectivity index (χ0) is 44.0. The molecule has 0 radical (unpaired) electrons. The van der Waals surface area contributed by atoms with Gasteiger partial charge in [0, 0.05) is 49.8 Å².